The minimum atomic E-state index is 0.663. The summed E-state index contributed by atoms with van der Waals surface area (Å²) >= 11 is 3.54. The zero-order chi connectivity index (χ0) is 15.2. The zero-order valence-electron chi connectivity index (χ0n) is 12.0. The van der Waals surface area contributed by atoms with E-state index >= 15 is 0 Å². The maximum Gasteiger partial charge on any atom is 0.148 e. The SMILES string of the molecule is CCNc1ncnc(N(C)Cc2cccc(C#N)c2)c1Br. The van der Waals surface area contributed by atoms with Gasteiger partial charge in [0.05, 0.1) is 11.6 Å². The highest BCUT2D eigenvalue weighted by Gasteiger charge is 2.12. The van der Waals surface area contributed by atoms with Crippen molar-refractivity contribution in [2.45, 2.75) is 13.5 Å². The van der Waals surface area contributed by atoms with Crippen molar-refractivity contribution in [2.24, 2.45) is 0 Å². The van der Waals surface area contributed by atoms with Gasteiger partial charge in [0.2, 0.25) is 0 Å². The summed E-state index contributed by atoms with van der Waals surface area (Å²) in [6, 6.07) is 9.73. The Morgan fingerprint density at radius 3 is 2.90 bits per heavy atom. The Labute approximate surface area is 132 Å². The Morgan fingerprint density at radius 2 is 2.19 bits per heavy atom. The maximum absolute atomic E-state index is 8.95. The van der Waals surface area contributed by atoms with E-state index in [4.69, 9.17) is 5.26 Å². The molecule has 1 aromatic heterocycles. The number of nitrogens with one attached hydrogen (secondary N) is 1. The predicted molar refractivity (Wildman–Crippen MR) is 87.2 cm³/mol. The van der Waals surface area contributed by atoms with Crippen LogP contribution in [0.1, 0.15) is 18.1 Å². The normalized spacial score (nSPS) is 10.0. The molecule has 1 aromatic carbocycles. The highest BCUT2D eigenvalue weighted by atomic mass is 79.9. The first-order valence-corrected chi connectivity index (χ1v) is 7.39. The zero-order valence-corrected chi connectivity index (χ0v) is 13.6. The molecule has 0 amide bonds. The Balaban J connectivity index is 2.22. The number of benzene rings is 1. The van der Waals surface area contributed by atoms with E-state index in [1.54, 1.807) is 12.4 Å². The molecule has 0 unspecified atom stereocenters. The van der Waals surface area contributed by atoms with Crippen LogP contribution in [-0.4, -0.2) is 23.6 Å². The van der Waals surface area contributed by atoms with E-state index in [1.165, 1.54) is 0 Å². The van der Waals surface area contributed by atoms with E-state index in [0.717, 1.165) is 28.2 Å². The number of hydrogen-bond acceptors (Lipinski definition) is 5. The third-order valence-corrected chi connectivity index (χ3v) is 3.68. The fourth-order valence-corrected chi connectivity index (χ4v) is 2.65. The van der Waals surface area contributed by atoms with Crippen LogP contribution in [0.3, 0.4) is 0 Å². The Bertz CT molecular complexity index is 665. The lowest BCUT2D eigenvalue weighted by molar-refractivity contribution is 0.885. The molecule has 0 saturated heterocycles. The summed E-state index contributed by atoms with van der Waals surface area (Å²) in [4.78, 5) is 10.5. The third kappa shape index (κ3) is 3.70. The van der Waals surface area contributed by atoms with Crippen molar-refractivity contribution < 1.29 is 0 Å². The first-order chi connectivity index (χ1) is 10.2. The molecule has 21 heavy (non-hydrogen) atoms. The van der Waals surface area contributed by atoms with E-state index < -0.39 is 0 Å². The monoisotopic (exact) mass is 345 g/mol. The van der Waals surface area contributed by atoms with Gasteiger partial charge in [-0.25, -0.2) is 9.97 Å². The van der Waals surface area contributed by atoms with Crippen LogP contribution in [0.15, 0.2) is 35.1 Å². The molecule has 0 fully saturated rings. The number of hydrogen-bond donors (Lipinski definition) is 1. The van der Waals surface area contributed by atoms with E-state index in [2.05, 4.69) is 37.3 Å². The predicted octanol–water partition coefficient (Wildman–Crippen LogP) is 3.18. The summed E-state index contributed by atoms with van der Waals surface area (Å²) in [6.07, 6.45) is 1.54. The van der Waals surface area contributed by atoms with E-state index in [0.29, 0.717) is 12.1 Å². The summed E-state index contributed by atoms with van der Waals surface area (Å²) in [7, 11) is 1.96. The minimum Gasteiger partial charge on any atom is -0.369 e. The van der Waals surface area contributed by atoms with E-state index in [1.807, 2.05) is 37.1 Å². The second kappa shape index (κ2) is 7.04. The first kappa shape index (κ1) is 15.3. The second-order valence-corrected chi connectivity index (χ2v) is 5.35. The van der Waals surface area contributed by atoms with E-state index in [-0.39, 0.29) is 0 Å². The molecule has 1 N–H and O–H groups in total. The van der Waals surface area contributed by atoms with Gasteiger partial charge in [-0.05, 0) is 40.5 Å². The van der Waals surface area contributed by atoms with Gasteiger partial charge in [0.25, 0.3) is 0 Å². The second-order valence-electron chi connectivity index (χ2n) is 4.56. The highest BCUT2D eigenvalue weighted by molar-refractivity contribution is 9.10. The Morgan fingerprint density at radius 1 is 1.38 bits per heavy atom. The van der Waals surface area contributed by atoms with Crippen LogP contribution in [0, 0.1) is 11.3 Å². The van der Waals surface area contributed by atoms with Crippen LogP contribution in [-0.2, 0) is 6.54 Å². The lowest BCUT2D eigenvalue weighted by Gasteiger charge is -2.20. The van der Waals surface area contributed by atoms with Crippen LogP contribution < -0.4 is 10.2 Å². The van der Waals surface area contributed by atoms with Gasteiger partial charge >= 0.3 is 0 Å². The molecule has 0 radical (unpaired) electrons. The molecule has 0 spiro atoms. The number of anilines is 2. The number of halogens is 1. The molecule has 0 aliphatic carbocycles. The largest absolute Gasteiger partial charge is 0.369 e. The molecule has 0 saturated carbocycles. The summed E-state index contributed by atoms with van der Waals surface area (Å²) in [5, 5.41) is 12.1. The molecule has 0 bridgehead atoms. The molecule has 0 aliphatic heterocycles. The highest BCUT2D eigenvalue weighted by Crippen LogP contribution is 2.29. The average Bonchev–Trinajstić information content (AvgIpc) is 2.49. The summed E-state index contributed by atoms with van der Waals surface area (Å²) in [5.41, 5.74) is 1.73. The van der Waals surface area contributed by atoms with Crippen molar-refractivity contribution in [3.05, 3.63) is 46.2 Å². The van der Waals surface area contributed by atoms with Gasteiger partial charge in [0.15, 0.2) is 0 Å². The quantitative estimate of drug-likeness (QED) is 0.901. The Kier molecular flexibility index (Phi) is 5.12. The van der Waals surface area contributed by atoms with Crippen molar-refractivity contribution >= 4 is 27.6 Å². The topological polar surface area (TPSA) is 64.8 Å². The lowest BCUT2D eigenvalue weighted by Crippen LogP contribution is -2.19. The first-order valence-electron chi connectivity index (χ1n) is 6.60. The summed E-state index contributed by atoms with van der Waals surface area (Å²) in [5.74, 6) is 1.59. The average molecular weight is 346 g/mol. The molecule has 0 aliphatic rings. The third-order valence-electron chi connectivity index (χ3n) is 2.95. The van der Waals surface area contributed by atoms with Gasteiger partial charge in [0, 0.05) is 20.1 Å². The molecular formula is C15H16BrN5. The fourth-order valence-electron chi connectivity index (χ4n) is 2.01. The van der Waals surface area contributed by atoms with Crippen LogP contribution in [0.25, 0.3) is 0 Å². The lowest BCUT2D eigenvalue weighted by atomic mass is 10.1. The molecule has 2 rings (SSSR count). The van der Waals surface area contributed by atoms with Gasteiger partial charge in [-0.3, -0.25) is 0 Å². The molecule has 6 heteroatoms. The Hall–Kier alpha value is -2.13. The summed E-state index contributed by atoms with van der Waals surface area (Å²) in [6.45, 7) is 3.48. The van der Waals surface area contributed by atoms with Gasteiger partial charge < -0.3 is 10.2 Å². The van der Waals surface area contributed by atoms with Crippen molar-refractivity contribution in [1.29, 1.82) is 5.26 Å². The van der Waals surface area contributed by atoms with E-state index in [9.17, 15) is 0 Å². The smallest absolute Gasteiger partial charge is 0.148 e. The van der Waals surface area contributed by atoms with Crippen molar-refractivity contribution in [3.63, 3.8) is 0 Å². The van der Waals surface area contributed by atoms with Crippen molar-refractivity contribution in [1.82, 2.24) is 9.97 Å². The van der Waals surface area contributed by atoms with Gasteiger partial charge in [-0.15, -0.1) is 0 Å². The molecule has 2 aromatic rings. The minimum absolute atomic E-state index is 0.663. The molecule has 5 nitrogen and oxygen atoms in total. The maximum atomic E-state index is 8.95. The molecule has 108 valence electrons. The van der Waals surface area contributed by atoms with Gasteiger partial charge in [0.1, 0.15) is 22.4 Å². The van der Waals surface area contributed by atoms with Crippen molar-refractivity contribution in [2.75, 3.05) is 23.8 Å². The number of aromatic nitrogens is 2. The number of rotatable bonds is 5. The molecule has 1 heterocycles. The van der Waals surface area contributed by atoms with Crippen molar-refractivity contribution in [3.8, 4) is 6.07 Å². The van der Waals surface area contributed by atoms with Crippen LogP contribution in [0.5, 0.6) is 0 Å². The standard InChI is InChI=1S/C15H16BrN5/c1-3-18-14-13(16)15(20-10-19-14)21(2)9-12-6-4-5-11(7-12)8-17/h4-7,10H,3,9H2,1-2H3,(H,18,19,20). The molecule has 0 atom stereocenters. The van der Waals surface area contributed by atoms with Crippen LogP contribution in [0.4, 0.5) is 11.6 Å². The summed E-state index contributed by atoms with van der Waals surface area (Å²) < 4.78 is 0.839. The van der Waals surface area contributed by atoms with Gasteiger partial charge in [-0.2, -0.15) is 5.26 Å². The molecular weight excluding hydrogens is 330 g/mol. The van der Waals surface area contributed by atoms with Crippen LogP contribution in [0.2, 0.25) is 0 Å². The van der Waals surface area contributed by atoms with Gasteiger partial charge in [-0.1, -0.05) is 12.1 Å². The fraction of sp³-hybridized carbons (Fsp3) is 0.267. The van der Waals surface area contributed by atoms with Crippen LogP contribution >= 0.6 is 15.9 Å². The number of nitriles is 1. The number of nitrogens with zero attached hydrogens (tertiary/aromatic N) is 4.